The molecule has 2 aromatic rings. The van der Waals surface area contributed by atoms with Crippen LogP contribution in [0.1, 0.15) is 0 Å². The van der Waals surface area contributed by atoms with E-state index in [0.29, 0.717) is 0 Å². The first kappa shape index (κ1) is 13.5. The SMILES string of the molecule is Cn1ncc2c(NCCN3CCOCC3)nc(Cl)nc21. The summed E-state index contributed by atoms with van der Waals surface area (Å²) in [7, 11) is 1.84. The molecule has 0 aliphatic carbocycles. The molecule has 1 N–H and O–H groups in total. The molecule has 7 nitrogen and oxygen atoms in total. The summed E-state index contributed by atoms with van der Waals surface area (Å²) in [5, 5.41) is 8.62. The van der Waals surface area contributed by atoms with Gasteiger partial charge in [-0.05, 0) is 11.6 Å². The van der Waals surface area contributed by atoms with Gasteiger partial charge in [0.1, 0.15) is 5.82 Å². The maximum atomic E-state index is 5.95. The number of aromatic nitrogens is 4. The summed E-state index contributed by atoms with van der Waals surface area (Å²) in [4.78, 5) is 10.8. The van der Waals surface area contributed by atoms with Crippen LogP contribution in [-0.4, -0.2) is 64.0 Å². The van der Waals surface area contributed by atoms with Crippen molar-refractivity contribution in [1.82, 2.24) is 24.6 Å². The number of ether oxygens (including phenoxy) is 1. The molecule has 0 spiro atoms. The number of morpholine rings is 1. The molecule has 1 saturated heterocycles. The summed E-state index contributed by atoms with van der Waals surface area (Å²) >= 11 is 5.95. The lowest BCUT2D eigenvalue weighted by Gasteiger charge is -2.26. The van der Waals surface area contributed by atoms with Crippen molar-refractivity contribution in [1.29, 1.82) is 0 Å². The zero-order chi connectivity index (χ0) is 13.9. The number of halogens is 1. The topological polar surface area (TPSA) is 68.1 Å². The second-order valence-corrected chi connectivity index (χ2v) is 5.07. The maximum Gasteiger partial charge on any atom is 0.226 e. The van der Waals surface area contributed by atoms with Crippen LogP contribution in [0.5, 0.6) is 0 Å². The monoisotopic (exact) mass is 296 g/mol. The molecule has 1 fully saturated rings. The van der Waals surface area contributed by atoms with E-state index in [4.69, 9.17) is 16.3 Å². The molecule has 0 radical (unpaired) electrons. The molecule has 2 aromatic heterocycles. The Balaban J connectivity index is 1.67. The Bertz CT molecular complexity index is 595. The van der Waals surface area contributed by atoms with Crippen LogP contribution in [0.4, 0.5) is 5.82 Å². The van der Waals surface area contributed by atoms with E-state index in [2.05, 4.69) is 25.3 Å². The Morgan fingerprint density at radius 3 is 2.95 bits per heavy atom. The molecule has 3 rings (SSSR count). The Morgan fingerprint density at radius 2 is 2.15 bits per heavy atom. The van der Waals surface area contributed by atoms with Gasteiger partial charge in [0.2, 0.25) is 5.28 Å². The minimum absolute atomic E-state index is 0.231. The van der Waals surface area contributed by atoms with Crippen LogP contribution < -0.4 is 5.32 Å². The standard InChI is InChI=1S/C12H17ClN6O/c1-18-11-9(8-15-18)10(16-12(13)17-11)14-2-3-19-4-6-20-7-5-19/h8H,2-7H2,1H3,(H,14,16,17). The molecule has 1 aliphatic heterocycles. The number of anilines is 1. The number of rotatable bonds is 4. The van der Waals surface area contributed by atoms with Crippen LogP contribution >= 0.6 is 11.6 Å². The Hall–Kier alpha value is -1.44. The van der Waals surface area contributed by atoms with Crippen LogP contribution in [0.2, 0.25) is 5.28 Å². The average Bonchev–Trinajstić information content (AvgIpc) is 2.82. The predicted molar refractivity (Wildman–Crippen MR) is 77.1 cm³/mol. The van der Waals surface area contributed by atoms with E-state index in [1.54, 1.807) is 10.9 Å². The average molecular weight is 297 g/mol. The number of hydrogen-bond acceptors (Lipinski definition) is 6. The Kier molecular flexibility index (Phi) is 4.00. The molecule has 8 heteroatoms. The molecule has 20 heavy (non-hydrogen) atoms. The van der Waals surface area contributed by atoms with Gasteiger partial charge in [-0.3, -0.25) is 9.58 Å². The lowest BCUT2D eigenvalue weighted by atomic mass is 10.3. The van der Waals surface area contributed by atoms with Gasteiger partial charge in [-0.2, -0.15) is 15.1 Å². The fourth-order valence-corrected chi connectivity index (χ4v) is 2.45. The van der Waals surface area contributed by atoms with Crippen molar-refractivity contribution in [2.24, 2.45) is 7.05 Å². The third kappa shape index (κ3) is 2.84. The summed E-state index contributed by atoms with van der Waals surface area (Å²) in [5.41, 5.74) is 0.735. The molecule has 108 valence electrons. The van der Waals surface area contributed by atoms with E-state index >= 15 is 0 Å². The second-order valence-electron chi connectivity index (χ2n) is 4.73. The lowest BCUT2D eigenvalue weighted by Crippen LogP contribution is -2.39. The van der Waals surface area contributed by atoms with Gasteiger partial charge in [-0.25, -0.2) is 0 Å². The molecule has 0 aromatic carbocycles. The summed E-state index contributed by atoms with van der Waals surface area (Å²) in [5.74, 6) is 0.737. The first-order chi connectivity index (χ1) is 9.74. The molecule has 0 unspecified atom stereocenters. The second kappa shape index (κ2) is 5.90. The summed E-state index contributed by atoms with van der Waals surface area (Å²) in [6.45, 7) is 5.34. The molecule has 0 saturated carbocycles. The van der Waals surface area contributed by atoms with E-state index in [1.165, 1.54) is 0 Å². The van der Waals surface area contributed by atoms with Gasteiger partial charge in [0.15, 0.2) is 5.65 Å². The fraction of sp³-hybridized carbons (Fsp3) is 0.583. The van der Waals surface area contributed by atoms with Gasteiger partial charge in [0.05, 0.1) is 24.8 Å². The molecular weight excluding hydrogens is 280 g/mol. The fourth-order valence-electron chi connectivity index (χ4n) is 2.29. The smallest absolute Gasteiger partial charge is 0.226 e. The van der Waals surface area contributed by atoms with Crippen molar-refractivity contribution in [3.05, 3.63) is 11.5 Å². The van der Waals surface area contributed by atoms with Crippen LogP contribution in [-0.2, 0) is 11.8 Å². The normalized spacial score (nSPS) is 16.7. The van der Waals surface area contributed by atoms with Crippen molar-refractivity contribution < 1.29 is 4.74 Å². The van der Waals surface area contributed by atoms with Gasteiger partial charge in [0, 0.05) is 33.2 Å². The van der Waals surface area contributed by atoms with E-state index in [-0.39, 0.29) is 5.28 Å². The molecule has 3 heterocycles. The van der Waals surface area contributed by atoms with Crippen LogP contribution in [0.15, 0.2) is 6.20 Å². The predicted octanol–water partition coefficient (Wildman–Crippen LogP) is 0.761. The summed E-state index contributed by atoms with van der Waals surface area (Å²) < 4.78 is 7.02. The van der Waals surface area contributed by atoms with Gasteiger partial charge in [0.25, 0.3) is 0 Å². The van der Waals surface area contributed by atoms with Gasteiger partial charge in [-0.15, -0.1) is 0 Å². The van der Waals surface area contributed by atoms with Crippen LogP contribution in [0.25, 0.3) is 11.0 Å². The van der Waals surface area contributed by atoms with Crippen LogP contribution in [0.3, 0.4) is 0 Å². The number of nitrogens with one attached hydrogen (secondary N) is 1. The largest absolute Gasteiger partial charge is 0.379 e. The Morgan fingerprint density at radius 1 is 1.35 bits per heavy atom. The van der Waals surface area contributed by atoms with E-state index < -0.39 is 0 Å². The molecular formula is C12H17ClN6O. The molecule has 0 atom stereocenters. The van der Waals surface area contributed by atoms with Crippen LogP contribution in [0, 0.1) is 0 Å². The quantitative estimate of drug-likeness (QED) is 0.840. The number of nitrogens with zero attached hydrogens (tertiary/aromatic N) is 5. The van der Waals surface area contributed by atoms with E-state index in [0.717, 1.165) is 56.2 Å². The number of hydrogen-bond donors (Lipinski definition) is 1. The maximum absolute atomic E-state index is 5.95. The minimum Gasteiger partial charge on any atom is -0.379 e. The van der Waals surface area contributed by atoms with Gasteiger partial charge in [-0.1, -0.05) is 0 Å². The van der Waals surface area contributed by atoms with Crippen molar-refractivity contribution in [2.45, 2.75) is 0 Å². The summed E-state index contributed by atoms with van der Waals surface area (Å²) in [6, 6.07) is 0. The van der Waals surface area contributed by atoms with Crippen molar-refractivity contribution in [2.75, 3.05) is 44.7 Å². The molecule has 1 aliphatic rings. The Labute approximate surface area is 121 Å². The third-order valence-electron chi connectivity index (χ3n) is 3.39. The van der Waals surface area contributed by atoms with Gasteiger partial charge >= 0.3 is 0 Å². The minimum atomic E-state index is 0.231. The highest BCUT2D eigenvalue weighted by atomic mass is 35.5. The van der Waals surface area contributed by atoms with E-state index in [1.807, 2.05) is 7.05 Å². The van der Waals surface area contributed by atoms with Crippen molar-refractivity contribution in [3.63, 3.8) is 0 Å². The summed E-state index contributed by atoms with van der Waals surface area (Å²) in [6.07, 6.45) is 1.75. The third-order valence-corrected chi connectivity index (χ3v) is 3.56. The zero-order valence-corrected chi connectivity index (χ0v) is 12.1. The zero-order valence-electron chi connectivity index (χ0n) is 11.3. The lowest BCUT2D eigenvalue weighted by molar-refractivity contribution is 0.0398. The molecule has 0 amide bonds. The number of aryl methyl sites for hydroxylation is 1. The van der Waals surface area contributed by atoms with Crippen molar-refractivity contribution >= 4 is 28.5 Å². The highest BCUT2D eigenvalue weighted by Gasteiger charge is 2.12. The highest BCUT2D eigenvalue weighted by Crippen LogP contribution is 2.20. The first-order valence-corrected chi connectivity index (χ1v) is 7.01. The highest BCUT2D eigenvalue weighted by molar-refractivity contribution is 6.28. The first-order valence-electron chi connectivity index (χ1n) is 6.63. The molecule has 0 bridgehead atoms. The van der Waals surface area contributed by atoms with Crippen molar-refractivity contribution in [3.8, 4) is 0 Å². The van der Waals surface area contributed by atoms with Gasteiger partial charge < -0.3 is 10.1 Å². The number of fused-ring (bicyclic) bond motifs is 1. The van der Waals surface area contributed by atoms with E-state index in [9.17, 15) is 0 Å².